The van der Waals surface area contributed by atoms with Crippen molar-refractivity contribution < 1.29 is 13.9 Å². The van der Waals surface area contributed by atoms with E-state index in [1.807, 2.05) is 43.3 Å². The molecule has 0 radical (unpaired) electrons. The maximum Gasteiger partial charge on any atom is 0.276 e. The molecule has 1 aromatic carbocycles. The Bertz CT molecular complexity index is 747. The van der Waals surface area contributed by atoms with Gasteiger partial charge in [0.25, 0.3) is 5.22 Å². The maximum atomic E-state index is 5.68. The highest BCUT2D eigenvalue weighted by Crippen LogP contribution is 2.23. The van der Waals surface area contributed by atoms with Gasteiger partial charge in [-0.05, 0) is 43.3 Å². The molecular formula is C17H17N3O3S. The summed E-state index contributed by atoms with van der Waals surface area (Å²) < 4.78 is 16.7. The highest BCUT2D eigenvalue weighted by Gasteiger charge is 2.08. The second-order valence-corrected chi connectivity index (χ2v) is 5.76. The highest BCUT2D eigenvalue weighted by atomic mass is 32.2. The minimum absolute atomic E-state index is 0.493. The van der Waals surface area contributed by atoms with E-state index in [1.54, 1.807) is 12.4 Å². The van der Waals surface area contributed by atoms with Crippen molar-refractivity contribution in [3.8, 4) is 23.0 Å². The number of nitrogens with zero attached hydrogens (tertiary/aromatic N) is 3. The molecule has 0 bridgehead atoms. The molecule has 2 heterocycles. The average molecular weight is 343 g/mol. The van der Waals surface area contributed by atoms with Gasteiger partial charge in [-0.2, -0.15) is 0 Å². The standard InChI is InChI=1S/C17H17N3O3S/c1-2-21-14-3-5-15(6-4-14)22-11-12-24-17-20-19-16(23-17)13-7-9-18-10-8-13/h3-10H,2,11-12H2,1H3. The van der Waals surface area contributed by atoms with Gasteiger partial charge in [0.15, 0.2) is 0 Å². The molecule has 124 valence electrons. The number of hydrogen-bond donors (Lipinski definition) is 0. The van der Waals surface area contributed by atoms with Crippen LogP contribution in [0.4, 0.5) is 0 Å². The first-order valence-corrected chi connectivity index (χ1v) is 8.56. The zero-order valence-electron chi connectivity index (χ0n) is 13.2. The zero-order valence-corrected chi connectivity index (χ0v) is 14.0. The van der Waals surface area contributed by atoms with Crippen LogP contribution in [-0.4, -0.2) is 34.1 Å². The van der Waals surface area contributed by atoms with Gasteiger partial charge in [0, 0.05) is 23.7 Å². The first-order valence-electron chi connectivity index (χ1n) is 7.57. The molecule has 0 unspecified atom stereocenters. The first-order chi connectivity index (χ1) is 11.8. The van der Waals surface area contributed by atoms with Gasteiger partial charge in [0.2, 0.25) is 5.89 Å². The number of hydrogen-bond acceptors (Lipinski definition) is 7. The van der Waals surface area contributed by atoms with Gasteiger partial charge in [0.05, 0.1) is 13.2 Å². The smallest absolute Gasteiger partial charge is 0.276 e. The number of rotatable bonds is 8. The third-order valence-corrected chi connectivity index (χ3v) is 3.83. The molecule has 3 rings (SSSR count). The van der Waals surface area contributed by atoms with Crippen molar-refractivity contribution in [2.45, 2.75) is 12.1 Å². The molecular weight excluding hydrogens is 326 g/mol. The molecule has 0 N–H and O–H groups in total. The third kappa shape index (κ3) is 4.48. The molecule has 7 heteroatoms. The minimum Gasteiger partial charge on any atom is -0.494 e. The Morgan fingerprint density at radius 2 is 1.67 bits per heavy atom. The summed E-state index contributed by atoms with van der Waals surface area (Å²) in [7, 11) is 0. The lowest BCUT2D eigenvalue weighted by Gasteiger charge is -2.06. The number of benzene rings is 1. The summed E-state index contributed by atoms with van der Waals surface area (Å²) in [5.41, 5.74) is 0.856. The van der Waals surface area contributed by atoms with Gasteiger partial charge in [-0.1, -0.05) is 11.8 Å². The maximum absolute atomic E-state index is 5.68. The molecule has 2 aromatic heterocycles. The Balaban J connectivity index is 1.44. The van der Waals surface area contributed by atoms with E-state index in [-0.39, 0.29) is 0 Å². The van der Waals surface area contributed by atoms with E-state index in [0.29, 0.717) is 30.1 Å². The summed E-state index contributed by atoms with van der Waals surface area (Å²) in [6.07, 6.45) is 3.38. The van der Waals surface area contributed by atoms with Crippen LogP contribution in [0.25, 0.3) is 11.5 Å². The molecule has 0 aliphatic rings. The van der Waals surface area contributed by atoms with E-state index in [0.717, 1.165) is 17.1 Å². The lowest BCUT2D eigenvalue weighted by atomic mass is 10.3. The van der Waals surface area contributed by atoms with Crippen LogP contribution in [0.3, 0.4) is 0 Å². The van der Waals surface area contributed by atoms with Gasteiger partial charge in [0.1, 0.15) is 11.5 Å². The highest BCUT2D eigenvalue weighted by molar-refractivity contribution is 7.99. The van der Waals surface area contributed by atoms with E-state index >= 15 is 0 Å². The molecule has 0 spiro atoms. The Morgan fingerprint density at radius 1 is 0.958 bits per heavy atom. The lowest BCUT2D eigenvalue weighted by molar-refractivity contribution is 0.332. The normalized spacial score (nSPS) is 10.5. The molecule has 6 nitrogen and oxygen atoms in total. The van der Waals surface area contributed by atoms with Crippen molar-refractivity contribution in [1.29, 1.82) is 0 Å². The van der Waals surface area contributed by atoms with Crippen LogP contribution in [0.15, 0.2) is 58.4 Å². The van der Waals surface area contributed by atoms with Crippen molar-refractivity contribution >= 4 is 11.8 Å². The van der Waals surface area contributed by atoms with Gasteiger partial charge in [-0.25, -0.2) is 0 Å². The molecule has 0 saturated heterocycles. The largest absolute Gasteiger partial charge is 0.494 e. The summed E-state index contributed by atoms with van der Waals surface area (Å²) in [4.78, 5) is 3.96. The Hall–Kier alpha value is -2.54. The van der Waals surface area contributed by atoms with Crippen molar-refractivity contribution in [3.63, 3.8) is 0 Å². The number of aromatic nitrogens is 3. The molecule has 0 saturated carbocycles. The summed E-state index contributed by atoms with van der Waals surface area (Å²) in [5, 5.41) is 8.58. The van der Waals surface area contributed by atoms with Crippen LogP contribution < -0.4 is 9.47 Å². The molecule has 0 atom stereocenters. The quantitative estimate of drug-likeness (QED) is 0.456. The fraction of sp³-hybridized carbons (Fsp3) is 0.235. The molecule has 24 heavy (non-hydrogen) atoms. The Morgan fingerprint density at radius 3 is 2.38 bits per heavy atom. The summed E-state index contributed by atoms with van der Waals surface area (Å²) in [5.74, 6) is 2.86. The second kappa shape index (κ2) is 8.35. The van der Waals surface area contributed by atoms with Crippen LogP contribution in [0.1, 0.15) is 6.92 Å². The molecule has 0 aliphatic carbocycles. The van der Waals surface area contributed by atoms with Crippen molar-refractivity contribution in [2.24, 2.45) is 0 Å². The fourth-order valence-electron chi connectivity index (χ4n) is 1.97. The average Bonchev–Trinajstić information content (AvgIpc) is 3.10. The Kier molecular flexibility index (Phi) is 5.68. The van der Waals surface area contributed by atoms with Crippen LogP contribution in [0.2, 0.25) is 0 Å². The van der Waals surface area contributed by atoms with Crippen LogP contribution >= 0.6 is 11.8 Å². The lowest BCUT2D eigenvalue weighted by Crippen LogP contribution is -2.00. The van der Waals surface area contributed by atoms with Crippen molar-refractivity contribution in [3.05, 3.63) is 48.8 Å². The van der Waals surface area contributed by atoms with Gasteiger partial charge < -0.3 is 13.9 Å². The van der Waals surface area contributed by atoms with E-state index in [1.165, 1.54) is 11.8 Å². The summed E-state index contributed by atoms with van der Waals surface area (Å²) in [6.45, 7) is 3.16. The van der Waals surface area contributed by atoms with E-state index < -0.39 is 0 Å². The SMILES string of the molecule is CCOc1ccc(OCCSc2nnc(-c3ccncc3)o2)cc1. The number of thioether (sulfide) groups is 1. The summed E-state index contributed by atoms with van der Waals surface area (Å²) in [6, 6.07) is 11.2. The molecule has 0 fully saturated rings. The second-order valence-electron chi connectivity index (χ2n) is 4.71. The molecule has 0 aliphatic heterocycles. The molecule has 3 aromatic rings. The van der Waals surface area contributed by atoms with Crippen LogP contribution in [0, 0.1) is 0 Å². The van der Waals surface area contributed by atoms with Crippen molar-refractivity contribution in [1.82, 2.24) is 15.2 Å². The zero-order chi connectivity index (χ0) is 16.6. The monoisotopic (exact) mass is 343 g/mol. The number of ether oxygens (including phenoxy) is 2. The van der Waals surface area contributed by atoms with Crippen LogP contribution in [0.5, 0.6) is 11.5 Å². The predicted octanol–water partition coefficient (Wildman–Crippen LogP) is 3.70. The third-order valence-electron chi connectivity index (χ3n) is 3.05. The van der Waals surface area contributed by atoms with E-state index in [9.17, 15) is 0 Å². The predicted molar refractivity (Wildman–Crippen MR) is 91.4 cm³/mol. The van der Waals surface area contributed by atoms with E-state index in [2.05, 4.69) is 15.2 Å². The van der Waals surface area contributed by atoms with Crippen LogP contribution in [-0.2, 0) is 0 Å². The Labute approximate surface area is 144 Å². The minimum atomic E-state index is 0.493. The fourth-order valence-corrected chi connectivity index (χ4v) is 2.54. The summed E-state index contributed by atoms with van der Waals surface area (Å²) >= 11 is 1.46. The first kappa shape index (κ1) is 16.3. The van der Waals surface area contributed by atoms with Gasteiger partial charge in [-0.15, -0.1) is 10.2 Å². The topological polar surface area (TPSA) is 70.3 Å². The van der Waals surface area contributed by atoms with Gasteiger partial charge >= 0.3 is 0 Å². The number of pyridine rings is 1. The van der Waals surface area contributed by atoms with Crippen molar-refractivity contribution in [2.75, 3.05) is 19.0 Å². The molecule has 0 amide bonds. The van der Waals surface area contributed by atoms with Gasteiger partial charge in [-0.3, -0.25) is 4.98 Å². The van der Waals surface area contributed by atoms with E-state index in [4.69, 9.17) is 13.9 Å².